The van der Waals surface area contributed by atoms with Gasteiger partial charge in [0.05, 0.1) is 6.04 Å². The van der Waals surface area contributed by atoms with Crippen LogP contribution in [0.25, 0.3) is 0 Å². The van der Waals surface area contributed by atoms with E-state index in [-0.39, 0.29) is 11.9 Å². The number of hydrogen-bond donors (Lipinski definition) is 2. The molecule has 0 bridgehead atoms. The highest BCUT2D eigenvalue weighted by atomic mass is 19.1. The highest BCUT2D eigenvalue weighted by molar-refractivity contribution is 5.36. The first-order valence-electron chi connectivity index (χ1n) is 5.91. The Balaban J connectivity index is 2.49. The second-order valence-corrected chi connectivity index (χ2v) is 4.49. The maximum absolute atomic E-state index is 14.1. The molecule has 0 aromatic heterocycles. The zero-order valence-electron chi connectivity index (χ0n) is 10.6. The smallest absolute Gasteiger partial charge is 0.131 e. The summed E-state index contributed by atoms with van der Waals surface area (Å²) in [5, 5.41) is 0. The van der Waals surface area contributed by atoms with E-state index in [2.05, 4.69) is 5.43 Å². The summed E-state index contributed by atoms with van der Waals surface area (Å²) in [6.07, 6.45) is 0. The lowest BCUT2D eigenvalue weighted by atomic mass is 9.96. The van der Waals surface area contributed by atoms with E-state index in [1.807, 2.05) is 37.3 Å². The van der Waals surface area contributed by atoms with Crippen LogP contribution in [0.3, 0.4) is 0 Å². The first-order valence-corrected chi connectivity index (χ1v) is 5.91. The summed E-state index contributed by atoms with van der Waals surface area (Å²) >= 11 is 0. The molecule has 0 spiro atoms. The Labute approximate surface area is 107 Å². The lowest BCUT2D eigenvalue weighted by Gasteiger charge is -2.18. The van der Waals surface area contributed by atoms with Gasteiger partial charge in [-0.2, -0.15) is 0 Å². The molecule has 0 aliphatic rings. The molecule has 0 fully saturated rings. The van der Waals surface area contributed by atoms with Crippen LogP contribution < -0.4 is 11.3 Å². The Morgan fingerprint density at radius 3 is 2.50 bits per heavy atom. The zero-order chi connectivity index (χ0) is 13.1. The van der Waals surface area contributed by atoms with Crippen LogP contribution in [-0.4, -0.2) is 0 Å². The first kappa shape index (κ1) is 12.7. The molecule has 94 valence electrons. The third kappa shape index (κ3) is 2.42. The molecule has 1 unspecified atom stereocenters. The highest BCUT2D eigenvalue weighted by Crippen LogP contribution is 2.25. The molecule has 3 heteroatoms. The molecule has 18 heavy (non-hydrogen) atoms. The van der Waals surface area contributed by atoms with Crippen molar-refractivity contribution in [2.45, 2.75) is 19.9 Å². The molecule has 0 saturated heterocycles. The highest BCUT2D eigenvalue weighted by Gasteiger charge is 2.17. The molecule has 0 amide bonds. The molecule has 2 rings (SSSR count). The van der Waals surface area contributed by atoms with Crippen LogP contribution in [0.5, 0.6) is 0 Å². The number of nitrogens with one attached hydrogen (secondary N) is 1. The predicted molar refractivity (Wildman–Crippen MR) is 71.5 cm³/mol. The van der Waals surface area contributed by atoms with E-state index in [1.54, 1.807) is 19.1 Å². The summed E-state index contributed by atoms with van der Waals surface area (Å²) in [6.45, 7) is 3.76. The molecular weight excluding hydrogens is 227 g/mol. The van der Waals surface area contributed by atoms with Crippen LogP contribution in [0.15, 0.2) is 42.5 Å². The van der Waals surface area contributed by atoms with Crippen molar-refractivity contribution in [3.05, 3.63) is 70.5 Å². The SMILES string of the molecule is Cc1cccc(C(NN)c2cccc(C)c2F)c1. The van der Waals surface area contributed by atoms with Gasteiger partial charge in [0.1, 0.15) is 5.82 Å². The zero-order valence-corrected chi connectivity index (χ0v) is 10.6. The van der Waals surface area contributed by atoms with Crippen LogP contribution in [0.1, 0.15) is 28.3 Å². The van der Waals surface area contributed by atoms with Gasteiger partial charge < -0.3 is 0 Å². The lowest BCUT2D eigenvalue weighted by Crippen LogP contribution is -2.29. The average molecular weight is 244 g/mol. The summed E-state index contributed by atoms with van der Waals surface area (Å²) in [4.78, 5) is 0. The van der Waals surface area contributed by atoms with Crippen LogP contribution in [-0.2, 0) is 0 Å². The topological polar surface area (TPSA) is 38.0 Å². The van der Waals surface area contributed by atoms with Crippen LogP contribution >= 0.6 is 0 Å². The Kier molecular flexibility index (Phi) is 3.75. The molecule has 0 saturated carbocycles. The van der Waals surface area contributed by atoms with Gasteiger partial charge in [-0.3, -0.25) is 5.84 Å². The fourth-order valence-corrected chi connectivity index (χ4v) is 2.11. The lowest BCUT2D eigenvalue weighted by molar-refractivity contribution is 0.554. The fraction of sp³-hybridized carbons (Fsp3) is 0.200. The molecule has 0 radical (unpaired) electrons. The quantitative estimate of drug-likeness (QED) is 0.643. The van der Waals surface area contributed by atoms with E-state index < -0.39 is 0 Å². The van der Waals surface area contributed by atoms with Gasteiger partial charge in [0.25, 0.3) is 0 Å². The molecule has 2 aromatic rings. The normalized spacial score (nSPS) is 12.4. The van der Waals surface area contributed by atoms with E-state index in [0.29, 0.717) is 11.1 Å². The largest absolute Gasteiger partial charge is 0.271 e. The van der Waals surface area contributed by atoms with Crippen molar-refractivity contribution in [1.29, 1.82) is 0 Å². The van der Waals surface area contributed by atoms with E-state index in [0.717, 1.165) is 11.1 Å². The van der Waals surface area contributed by atoms with E-state index >= 15 is 0 Å². The van der Waals surface area contributed by atoms with Crippen molar-refractivity contribution < 1.29 is 4.39 Å². The summed E-state index contributed by atoms with van der Waals surface area (Å²) in [5.41, 5.74) is 5.97. The number of hydrogen-bond acceptors (Lipinski definition) is 2. The molecule has 2 aromatic carbocycles. The molecule has 0 heterocycles. The summed E-state index contributed by atoms with van der Waals surface area (Å²) < 4.78 is 14.1. The van der Waals surface area contributed by atoms with Crippen molar-refractivity contribution in [3.63, 3.8) is 0 Å². The maximum Gasteiger partial charge on any atom is 0.131 e. The molecule has 2 nitrogen and oxygen atoms in total. The molecule has 3 N–H and O–H groups in total. The van der Waals surface area contributed by atoms with Gasteiger partial charge in [-0.15, -0.1) is 0 Å². The van der Waals surface area contributed by atoms with Crippen molar-refractivity contribution in [3.8, 4) is 0 Å². The molecular formula is C15H17FN2. The summed E-state index contributed by atoms with van der Waals surface area (Å²) in [7, 11) is 0. The van der Waals surface area contributed by atoms with Crippen molar-refractivity contribution in [1.82, 2.24) is 5.43 Å². The van der Waals surface area contributed by atoms with Crippen molar-refractivity contribution >= 4 is 0 Å². The molecule has 0 aliphatic carbocycles. The van der Waals surface area contributed by atoms with Gasteiger partial charge in [0, 0.05) is 5.56 Å². The third-order valence-electron chi connectivity index (χ3n) is 3.07. The number of benzene rings is 2. The fourth-order valence-electron chi connectivity index (χ4n) is 2.11. The van der Waals surface area contributed by atoms with Crippen LogP contribution in [0.4, 0.5) is 4.39 Å². The van der Waals surface area contributed by atoms with E-state index in [4.69, 9.17) is 5.84 Å². The van der Waals surface area contributed by atoms with Gasteiger partial charge in [-0.1, -0.05) is 48.0 Å². The first-order chi connectivity index (χ1) is 8.63. The number of aryl methyl sites for hydroxylation is 2. The van der Waals surface area contributed by atoms with Gasteiger partial charge in [0.15, 0.2) is 0 Å². The number of nitrogens with two attached hydrogens (primary N) is 1. The van der Waals surface area contributed by atoms with Gasteiger partial charge in [-0.05, 0) is 25.0 Å². The Morgan fingerprint density at radius 1 is 1.11 bits per heavy atom. The molecule has 0 aliphatic heterocycles. The second-order valence-electron chi connectivity index (χ2n) is 4.49. The van der Waals surface area contributed by atoms with E-state index in [9.17, 15) is 4.39 Å². The number of halogens is 1. The van der Waals surface area contributed by atoms with Crippen molar-refractivity contribution in [2.24, 2.45) is 5.84 Å². The number of hydrazine groups is 1. The minimum atomic E-state index is -0.329. The predicted octanol–water partition coefficient (Wildman–Crippen LogP) is 3.00. The monoisotopic (exact) mass is 244 g/mol. The maximum atomic E-state index is 14.1. The van der Waals surface area contributed by atoms with Crippen LogP contribution in [0, 0.1) is 19.7 Å². The van der Waals surface area contributed by atoms with Gasteiger partial charge >= 0.3 is 0 Å². The number of rotatable bonds is 3. The van der Waals surface area contributed by atoms with Crippen LogP contribution in [0.2, 0.25) is 0 Å². The summed E-state index contributed by atoms with van der Waals surface area (Å²) in [6, 6.07) is 12.9. The summed E-state index contributed by atoms with van der Waals surface area (Å²) in [5.74, 6) is 5.38. The Bertz CT molecular complexity index is 552. The molecule has 1 atom stereocenters. The average Bonchev–Trinajstić information content (AvgIpc) is 2.35. The Hall–Kier alpha value is -1.71. The minimum absolute atomic E-state index is 0.207. The van der Waals surface area contributed by atoms with Gasteiger partial charge in [0.2, 0.25) is 0 Å². The van der Waals surface area contributed by atoms with E-state index in [1.165, 1.54) is 0 Å². The third-order valence-corrected chi connectivity index (χ3v) is 3.07. The Morgan fingerprint density at radius 2 is 1.83 bits per heavy atom. The standard InChI is InChI=1S/C15H17FN2/c1-10-5-3-7-12(9-10)15(18-17)13-8-4-6-11(2)14(13)16/h3-9,15,18H,17H2,1-2H3. The van der Waals surface area contributed by atoms with Crippen molar-refractivity contribution in [2.75, 3.05) is 0 Å². The van der Waals surface area contributed by atoms with Gasteiger partial charge in [-0.25, -0.2) is 9.82 Å². The second kappa shape index (κ2) is 5.29. The minimum Gasteiger partial charge on any atom is -0.271 e.